The third-order valence-corrected chi connectivity index (χ3v) is 3.35. The van der Waals surface area contributed by atoms with E-state index < -0.39 is 0 Å². The molecule has 6 heteroatoms. The van der Waals surface area contributed by atoms with Crippen molar-refractivity contribution >= 4 is 33.4 Å². The Morgan fingerprint density at radius 3 is 2.74 bits per heavy atom. The standard InChI is InChI=1S/C13H12BrClN2O2/c1-8-5-9(2)17(16-8)13(18)7-19-12-4-3-10(15)6-11(12)14/h3-6H,7H2,1-2H3. The van der Waals surface area contributed by atoms with Gasteiger partial charge in [0.1, 0.15) is 5.75 Å². The van der Waals surface area contributed by atoms with Gasteiger partial charge in [0.05, 0.1) is 10.2 Å². The van der Waals surface area contributed by atoms with Crippen LogP contribution in [-0.2, 0) is 0 Å². The van der Waals surface area contributed by atoms with Gasteiger partial charge in [-0.05, 0) is 54.0 Å². The summed E-state index contributed by atoms with van der Waals surface area (Å²) in [6.45, 7) is 3.59. The van der Waals surface area contributed by atoms with Crippen molar-refractivity contribution in [3.05, 3.63) is 45.1 Å². The molecule has 0 saturated heterocycles. The molecule has 2 aromatic rings. The van der Waals surface area contributed by atoms with Gasteiger partial charge in [-0.2, -0.15) is 5.10 Å². The van der Waals surface area contributed by atoms with Crippen LogP contribution < -0.4 is 4.74 Å². The highest BCUT2D eigenvalue weighted by Crippen LogP contribution is 2.27. The lowest BCUT2D eigenvalue weighted by Gasteiger charge is -2.08. The summed E-state index contributed by atoms with van der Waals surface area (Å²) in [4.78, 5) is 12.0. The van der Waals surface area contributed by atoms with E-state index in [0.29, 0.717) is 15.2 Å². The molecule has 0 aliphatic rings. The largest absolute Gasteiger partial charge is 0.482 e. The zero-order chi connectivity index (χ0) is 14.0. The molecule has 0 bridgehead atoms. The SMILES string of the molecule is Cc1cc(C)n(C(=O)COc2ccc(Cl)cc2Br)n1. The molecule has 0 radical (unpaired) electrons. The summed E-state index contributed by atoms with van der Waals surface area (Å²) in [5, 5.41) is 4.71. The number of halogens is 2. The van der Waals surface area contributed by atoms with E-state index >= 15 is 0 Å². The van der Waals surface area contributed by atoms with Gasteiger partial charge in [-0.3, -0.25) is 4.79 Å². The molecule has 100 valence electrons. The molecular formula is C13H12BrClN2O2. The third kappa shape index (κ3) is 3.36. The molecule has 0 amide bonds. The minimum Gasteiger partial charge on any atom is -0.482 e. The first-order valence-electron chi connectivity index (χ1n) is 5.61. The van der Waals surface area contributed by atoms with Gasteiger partial charge in [0.2, 0.25) is 0 Å². The Balaban J connectivity index is 2.06. The van der Waals surface area contributed by atoms with E-state index in [2.05, 4.69) is 21.0 Å². The number of benzene rings is 1. The van der Waals surface area contributed by atoms with Gasteiger partial charge in [0.25, 0.3) is 5.91 Å². The highest BCUT2D eigenvalue weighted by atomic mass is 79.9. The van der Waals surface area contributed by atoms with Crippen LogP contribution >= 0.6 is 27.5 Å². The smallest absolute Gasteiger partial charge is 0.284 e. The second-order valence-electron chi connectivity index (χ2n) is 4.10. The molecule has 0 atom stereocenters. The van der Waals surface area contributed by atoms with Crippen molar-refractivity contribution in [2.45, 2.75) is 13.8 Å². The molecular weight excluding hydrogens is 332 g/mol. The van der Waals surface area contributed by atoms with E-state index in [1.54, 1.807) is 18.2 Å². The van der Waals surface area contributed by atoms with Crippen LogP contribution in [0.2, 0.25) is 5.02 Å². The third-order valence-electron chi connectivity index (χ3n) is 2.49. The predicted octanol–water partition coefficient (Wildman–Crippen LogP) is 3.64. The highest BCUT2D eigenvalue weighted by Gasteiger charge is 2.11. The quantitative estimate of drug-likeness (QED) is 0.854. The van der Waals surface area contributed by atoms with Gasteiger partial charge in [0, 0.05) is 10.7 Å². The molecule has 0 N–H and O–H groups in total. The Morgan fingerprint density at radius 1 is 1.42 bits per heavy atom. The van der Waals surface area contributed by atoms with E-state index in [4.69, 9.17) is 16.3 Å². The molecule has 4 nitrogen and oxygen atoms in total. The van der Waals surface area contributed by atoms with E-state index in [-0.39, 0.29) is 12.5 Å². The molecule has 2 rings (SSSR count). The maximum atomic E-state index is 12.0. The van der Waals surface area contributed by atoms with Gasteiger partial charge in [-0.15, -0.1) is 0 Å². The summed E-state index contributed by atoms with van der Waals surface area (Å²) in [5.74, 6) is 0.353. The molecule has 0 spiro atoms. The summed E-state index contributed by atoms with van der Waals surface area (Å²) in [5.41, 5.74) is 1.60. The maximum absolute atomic E-state index is 12.0. The molecule has 0 unspecified atom stereocenters. The number of ether oxygens (including phenoxy) is 1. The maximum Gasteiger partial charge on any atom is 0.284 e. The number of carbonyl (C=O) groups is 1. The fraction of sp³-hybridized carbons (Fsp3) is 0.231. The lowest BCUT2D eigenvalue weighted by atomic mass is 10.3. The Morgan fingerprint density at radius 2 is 2.16 bits per heavy atom. The number of nitrogens with zero attached hydrogens (tertiary/aromatic N) is 2. The van der Waals surface area contributed by atoms with Gasteiger partial charge < -0.3 is 4.74 Å². The van der Waals surface area contributed by atoms with Crippen LogP contribution in [0.5, 0.6) is 5.75 Å². The molecule has 0 aliphatic carbocycles. The van der Waals surface area contributed by atoms with Gasteiger partial charge in [-0.1, -0.05) is 11.6 Å². The minimum atomic E-state index is -0.215. The van der Waals surface area contributed by atoms with Crippen LogP contribution in [0.3, 0.4) is 0 Å². The zero-order valence-electron chi connectivity index (χ0n) is 10.5. The molecule has 0 aliphatic heterocycles. The first-order chi connectivity index (χ1) is 8.97. The summed E-state index contributed by atoms with van der Waals surface area (Å²) >= 11 is 9.16. The van der Waals surface area contributed by atoms with Crippen LogP contribution in [0.1, 0.15) is 16.2 Å². The summed E-state index contributed by atoms with van der Waals surface area (Å²) in [6, 6.07) is 6.97. The Kier molecular flexibility index (Phi) is 4.27. The van der Waals surface area contributed by atoms with Crippen molar-refractivity contribution in [1.29, 1.82) is 0 Å². The minimum absolute atomic E-state index is 0.0812. The fourth-order valence-electron chi connectivity index (χ4n) is 1.67. The van der Waals surface area contributed by atoms with Crippen LogP contribution in [0.25, 0.3) is 0 Å². The van der Waals surface area contributed by atoms with Gasteiger partial charge in [-0.25, -0.2) is 4.68 Å². The van der Waals surface area contributed by atoms with Crippen LogP contribution in [-0.4, -0.2) is 22.3 Å². The van der Waals surface area contributed by atoms with Crippen molar-refractivity contribution in [3.8, 4) is 5.75 Å². The zero-order valence-corrected chi connectivity index (χ0v) is 12.8. The van der Waals surface area contributed by atoms with Crippen molar-refractivity contribution in [3.63, 3.8) is 0 Å². The van der Waals surface area contributed by atoms with Crippen molar-refractivity contribution in [1.82, 2.24) is 9.78 Å². The first kappa shape index (κ1) is 14.1. The van der Waals surface area contributed by atoms with E-state index in [0.717, 1.165) is 11.4 Å². The Labute approximate surface area is 124 Å². The summed E-state index contributed by atoms with van der Waals surface area (Å²) < 4.78 is 7.51. The Bertz CT molecular complexity index is 625. The first-order valence-corrected chi connectivity index (χ1v) is 6.79. The van der Waals surface area contributed by atoms with Gasteiger partial charge >= 0.3 is 0 Å². The number of carbonyl (C=O) groups excluding carboxylic acids is 1. The van der Waals surface area contributed by atoms with Crippen LogP contribution in [0.15, 0.2) is 28.7 Å². The van der Waals surface area contributed by atoms with Crippen molar-refractivity contribution in [2.24, 2.45) is 0 Å². The average molecular weight is 344 g/mol. The number of hydrogen-bond donors (Lipinski definition) is 0. The van der Waals surface area contributed by atoms with Crippen LogP contribution in [0.4, 0.5) is 0 Å². The average Bonchev–Trinajstić information content (AvgIpc) is 2.67. The van der Waals surface area contributed by atoms with Gasteiger partial charge in [0.15, 0.2) is 6.61 Å². The monoisotopic (exact) mass is 342 g/mol. The second kappa shape index (κ2) is 5.75. The second-order valence-corrected chi connectivity index (χ2v) is 5.39. The van der Waals surface area contributed by atoms with E-state index in [9.17, 15) is 4.79 Å². The molecule has 19 heavy (non-hydrogen) atoms. The predicted molar refractivity (Wildman–Crippen MR) is 77.0 cm³/mol. The lowest BCUT2D eigenvalue weighted by molar-refractivity contribution is 0.0817. The molecule has 1 heterocycles. The summed E-state index contributed by atoms with van der Waals surface area (Å²) in [6.07, 6.45) is 0. The highest BCUT2D eigenvalue weighted by molar-refractivity contribution is 9.10. The molecule has 1 aromatic heterocycles. The molecule has 0 fully saturated rings. The van der Waals surface area contributed by atoms with Crippen molar-refractivity contribution in [2.75, 3.05) is 6.61 Å². The number of aryl methyl sites for hydroxylation is 2. The van der Waals surface area contributed by atoms with E-state index in [1.165, 1.54) is 4.68 Å². The molecule has 1 aromatic carbocycles. The topological polar surface area (TPSA) is 44.1 Å². The van der Waals surface area contributed by atoms with Crippen LogP contribution in [0, 0.1) is 13.8 Å². The van der Waals surface area contributed by atoms with E-state index in [1.807, 2.05) is 19.9 Å². The number of aromatic nitrogens is 2. The molecule has 0 saturated carbocycles. The van der Waals surface area contributed by atoms with Crippen molar-refractivity contribution < 1.29 is 9.53 Å². The number of rotatable bonds is 3. The Hall–Kier alpha value is -1.33. The lowest BCUT2D eigenvalue weighted by Crippen LogP contribution is -2.21. The fourth-order valence-corrected chi connectivity index (χ4v) is 2.47. The number of hydrogen-bond acceptors (Lipinski definition) is 3. The summed E-state index contributed by atoms with van der Waals surface area (Å²) in [7, 11) is 0. The normalized spacial score (nSPS) is 10.5.